The molecule has 0 bridgehead atoms. The van der Waals surface area contributed by atoms with Gasteiger partial charge in [-0.25, -0.2) is 4.98 Å². The van der Waals surface area contributed by atoms with Crippen molar-refractivity contribution in [2.45, 2.75) is 38.8 Å². The molecule has 0 aliphatic carbocycles. The molecule has 0 N–H and O–H groups in total. The van der Waals surface area contributed by atoms with E-state index in [1.807, 2.05) is 46.6 Å². The number of benzene rings is 1. The van der Waals surface area contributed by atoms with E-state index < -0.39 is 0 Å². The highest BCUT2D eigenvalue weighted by Crippen LogP contribution is 2.25. The van der Waals surface area contributed by atoms with Gasteiger partial charge < -0.3 is 14.4 Å². The molecule has 2 aliphatic heterocycles. The molecule has 2 amide bonds. The lowest BCUT2D eigenvalue weighted by molar-refractivity contribution is -0.144. The van der Waals surface area contributed by atoms with Crippen LogP contribution in [0.5, 0.6) is 0 Å². The number of imidazole rings is 1. The zero-order chi connectivity index (χ0) is 20.2. The molecule has 4 rings (SSSR count). The Hall–Kier alpha value is -2.34. The number of carbonyl (C=O) groups is 2. The van der Waals surface area contributed by atoms with Crippen molar-refractivity contribution in [3.05, 3.63) is 53.6 Å². The Morgan fingerprint density at radius 2 is 1.90 bits per heavy atom. The van der Waals surface area contributed by atoms with E-state index in [-0.39, 0.29) is 17.7 Å². The van der Waals surface area contributed by atoms with Crippen molar-refractivity contribution in [1.82, 2.24) is 19.4 Å². The van der Waals surface area contributed by atoms with Crippen molar-refractivity contribution in [3.8, 4) is 0 Å². The number of amides is 2. The maximum absolute atomic E-state index is 13.1. The second-order valence-corrected chi connectivity index (χ2v) is 8.60. The minimum atomic E-state index is -0.0924. The summed E-state index contributed by atoms with van der Waals surface area (Å²) in [6, 6.07) is 7.54. The van der Waals surface area contributed by atoms with Crippen LogP contribution in [0.1, 0.15) is 31.2 Å². The van der Waals surface area contributed by atoms with Crippen LogP contribution in [0.3, 0.4) is 0 Å². The first-order valence-electron chi connectivity index (χ1n) is 10.4. The van der Waals surface area contributed by atoms with Crippen LogP contribution in [0.25, 0.3) is 0 Å². The molecule has 29 heavy (non-hydrogen) atoms. The van der Waals surface area contributed by atoms with Crippen molar-refractivity contribution in [2.75, 3.05) is 19.6 Å². The predicted octanol–water partition coefficient (Wildman–Crippen LogP) is 3.21. The second kappa shape index (κ2) is 8.99. The van der Waals surface area contributed by atoms with Gasteiger partial charge in [0.25, 0.3) is 0 Å². The van der Waals surface area contributed by atoms with E-state index in [4.69, 9.17) is 11.6 Å². The third-order valence-corrected chi connectivity index (χ3v) is 6.34. The van der Waals surface area contributed by atoms with Crippen molar-refractivity contribution >= 4 is 23.4 Å². The molecule has 1 atom stereocenters. The molecule has 1 aromatic heterocycles. The molecule has 1 aromatic carbocycles. The first-order chi connectivity index (χ1) is 14.1. The third-order valence-electron chi connectivity index (χ3n) is 6.09. The van der Waals surface area contributed by atoms with Gasteiger partial charge in [-0.15, -0.1) is 0 Å². The summed E-state index contributed by atoms with van der Waals surface area (Å²) >= 11 is 5.95. The number of nitrogens with zero attached hydrogens (tertiary/aromatic N) is 4. The minimum absolute atomic E-state index is 0.0924. The summed E-state index contributed by atoms with van der Waals surface area (Å²) in [6.07, 6.45) is 8.79. The smallest absolute Gasteiger partial charge is 0.227 e. The molecule has 2 aliphatic rings. The summed E-state index contributed by atoms with van der Waals surface area (Å²) < 4.78 is 2.11. The zero-order valence-electron chi connectivity index (χ0n) is 16.5. The van der Waals surface area contributed by atoms with Crippen molar-refractivity contribution in [1.29, 1.82) is 0 Å². The number of aromatic nitrogens is 2. The molecule has 3 heterocycles. The number of carbonyl (C=O) groups excluding carboxylic acids is 2. The van der Waals surface area contributed by atoms with Crippen LogP contribution in [0.2, 0.25) is 5.02 Å². The molecule has 0 saturated carbocycles. The van der Waals surface area contributed by atoms with Gasteiger partial charge >= 0.3 is 0 Å². The van der Waals surface area contributed by atoms with Crippen molar-refractivity contribution in [2.24, 2.45) is 11.8 Å². The summed E-state index contributed by atoms with van der Waals surface area (Å²) in [4.78, 5) is 33.4. The van der Waals surface area contributed by atoms with Gasteiger partial charge in [0.05, 0.1) is 12.2 Å². The first kappa shape index (κ1) is 20.0. The first-order valence-corrected chi connectivity index (χ1v) is 10.7. The summed E-state index contributed by atoms with van der Waals surface area (Å²) in [6.45, 7) is 3.62. The number of hydrogen-bond acceptors (Lipinski definition) is 3. The van der Waals surface area contributed by atoms with Crippen LogP contribution < -0.4 is 0 Å². The van der Waals surface area contributed by atoms with Gasteiger partial charge in [-0.05, 0) is 42.9 Å². The molecule has 2 aromatic rings. The highest BCUT2D eigenvalue weighted by atomic mass is 35.5. The lowest BCUT2D eigenvalue weighted by atomic mass is 9.92. The number of hydrogen-bond donors (Lipinski definition) is 0. The zero-order valence-corrected chi connectivity index (χ0v) is 17.3. The van der Waals surface area contributed by atoms with E-state index in [1.165, 1.54) is 0 Å². The Morgan fingerprint density at radius 1 is 1.14 bits per heavy atom. The van der Waals surface area contributed by atoms with Gasteiger partial charge in [0.2, 0.25) is 11.8 Å². The van der Waals surface area contributed by atoms with Crippen LogP contribution in [0, 0.1) is 11.8 Å². The molecule has 0 spiro atoms. The fraction of sp³-hybridized carbons (Fsp3) is 0.500. The largest absolute Gasteiger partial charge is 0.342 e. The van der Waals surface area contributed by atoms with Crippen molar-refractivity contribution in [3.63, 3.8) is 0 Å². The fourth-order valence-corrected chi connectivity index (χ4v) is 4.49. The second-order valence-electron chi connectivity index (χ2n) is 8.16. The number of piperidine rings is 2. The van der Waals surface area contributed by atoms with Crippen LogP contribution in [0.4, 0.5) is 0 Å². The van der Waals surface area contributed by atoms with E-state index in [0.29, 0.717) is 36.9 Å². The van der Waals surface area contributed by atoms with E-state index in [0.717, 1.165) is 38.0 Å². The maximum Gasteiger partial charge on any atom is 0.227 e. The average Bonchev–Trinajstić information content (AvgIpc) is 3.24. The monoisotopic (exact) mass is 414 g/mol. The molecule has 2 fully saturated rings. The van der Waals surface area contributed by atoms with E-state index in [1.54, 1.807) is 6.20 Å². The Labute approximate surface area is 176 Å². The SMILES string of the molecule is O=C1CCC(C(=O)N2CCC(Cn3ccnc3)CC2)CN1Cc1ccc(Cl)cc1. The Bertz CT molecular complexity index is 829. The van der Waals surface area contributed by atoms with Crippen LogP contribution in [-0.2, 0) is 22.7 Å². The van der Waals surface area contributed by atoms with Gasteiger partial charge in [0.15, 0.2) is 0 Å². The highest BCUT2D eigenvalue weighted by Gasteiger charge is 2.34. The maximum atomic E-state index is 13.1. The lowest BCUT2D eigenvalue weighted by Gasteiger charge is -2.38. The normalized spacial score (nSPS) is 20.9. The Kier molecular flexibility index (Phi) is 6.19. The Balaban J connectivity index is 1.30. The van der Waals surface area contributed by atoms with Crippen LogP contribution >= 0.6 is 11.6 Å². The fourth-order valence-electron chi connectivity index (χ4n) is 4.37. The van der Waals surface area contributed by atoms with E-state index in [9.17, 15) is 9.59 Å². The standard InChI is InChI=1S/C22H27ClN4O2/c23-20-4-1-17(2-5-20)14-27-15-19(3-6-21(27)28)22(29)26-10-7-18(8-11-26)13-25-12-9-24-16-25/h1-2,4-5,9,12,16,18-19H,3,6-8,10-11,13-15H2. The van der Waals surface area contributed by atoms with E-state index in [2.05, 4.69) is 9.55 Å². The summed E-state index contributed by atoms with van der Waals surface area (Å²) in [5.41, 5.74) is 1.04. The van der Waals surface area contributed by atoms with Gasteiger partial charge in [-0.2, -0.15) is 0 Å². The average molecular weight is 415 g/mol. The molecule has 6 nitrogen and oxygen atoms in total. The summed E-state index contributed by atoms with van der Waals surface area (Å²) in [7, 11) is 0. The number of halogens is 1. The predicted molar refractivity (Wildman–Crippen MR) is 111 cm³/mol. The molecule has 7 heteroatoms. The molecular weight excluding hydrogens is 388 g/mol. The highest BCUT2D eigenvalue weighted by molar-refractivity contribution is 6.30. The lowest BCUT2D eigenvalue weighted by Crippen LogP contribution is -2.48. The molecule has 0 radical (unpaired) electrons. The van der Waals surface area contributed by atoms with Crippen molar-refractivity contribution < 1.29 is 9.59 Å². The molecular formula is C22H27ClN4O2. The van der Waals surface area contributed by atoms with Gasteiger partial charge in [-0.1, -0.05) is 23.7 Å². The number of likely N-dealkylation sites (tertiary alicyclic amines) is 2. The van der Waals surface area contributed by atoms with Gasteiger partial charge in [0, 0.05) is 56.6 Å². The van der Waals surface area contributed by atoms with Gasteiger partial charge in [0.1, 0.15) is 0 Å². The van der Waals surface area contributed by atoms with E-state index >= 15 is 0 Å². The summed E-state index contributed by atoms with van der Waals surface area (Å²) in [5, 5.41) is 0.684. The quantitative estimate of drug-likeness (QED) is 0.754. The third kappa shape index (κ3) is 4.99. The van der Waals surface area contributed by atoms with Crippen LogP contribution in [-0.4, -0.2) is 50.8 Å². The Morgan fingerprint density at radius 3 is 2.59 bits per heavy atom. The molecule has 2 saturated heterocycles. The molecule has 1 unspecified atom stereocenters. The topological polar surface area (TPSA) is 58.4 Å². The molecule has 154 valence electrons. The van der Waals surface area contributed by atoms with Crippen LogP contribution in [0.15, 0.2) is 43.0 Å². The van der Waals surface area contributed by atoms with Gasteiger partial charge in [-0.3, -0.25) is 9.59 Å². The summed E-state index contributed by atoms with van der Waals surface area (Å²) in [5.74, 6) is 0.829. The minimum Gasteiger partial charge on any atom is -0.342 e. The number of rotatable bonds is 5.